The molecule has 0 bridgehead atoms. The molecule has 1 amide bonds. The first-order valence-electron chi connectivity index (χ1n) is 11.2. The summed E-state index contributed by atoms with van der Waals surface area (Å²) in [5, 5.41) is 3.35. The Kier molecular flexibility index (Phi) is 7.33. The summed E-state index contributed by atoms with van der Waals surface area (Å²) < 4.78 is 11.2. The van der Waals surface area contributed by atoms with Gasteiger partial charge in [0.05, 0.1) is 22.8 Å². The van der Waals surface area contributed by atoms with E-state index in [1.165, 1.54) is 17.3 Å². The highest BCUT2D eigenvalue weighted by molar-refractivity contribution is 8.18. The fraction of sp³-hybridized carbons (Fsp3) is 0.222. The highest BCUT2D eigenvalue weighted by Crippen LogP contribution is 2.31. The third-order valence-electron chi connectivity index (χ3n) is 5.26. The van der Waals surface area contributed by atoms with Crippen molar-refractivity contribution < 1.29 is 18.7 Å². The van der Waals surface area contributed by atoms with Gasteiger partial charge in [-0.25, -0.2) is 9.79 Å². The van der Waals surface area contributed by atoms with Crippen LogP contribution < -0.4 is 5.32 Å². The summed E-state index contributed by atoms with van der Waals surface area (Å²) in [6.45, 7) is 6.50. The predicted octanol–water partition coefficient (Wildman–Crippen LogP) is 6.41. The highest BCUT2D eigenvalue weighted by Gasteiger charge is 2.24. The van der Waals surface area contributed by atoms with Crippen LogP contribution >= 0.6 is 11.8 Å². The molecule has 1 N–H and O–H groups in total. The van der Waals surface area contributed by atoms with E-state index in [0.717, 1.165) is 29.7 Å². The fourth-order valence-corrected chi connectivity index (χ4v) is 4.21. The molecule has 1 fully saturated rings. The highest BCUT2D eigenvalue weighted by atomic mass is 32.2. The van der Waals surface area contributed by atoms with E-state index < -0.39 is 0 Å². The zero-order chi connectivity index (χ0) is 24.1. The normalized spacial score (nSPS) is 15.7. The Morgan fingerprint density at radius 1 is 1.12 bits per heavy atom. The standard InChI is InChI=1S/C27H26N2O4S/c1-4-5-14-32-26(31)20-9-7-19(8-10-20)23-13-11-21(33-23)16-24-25(30)29-27(34-24)28-22-12-6-17(2)15-18(22)3/h6-13,15-16H,4-5,14H2,1-3H3,(H,28,29,30)/b24-16-. The summed E-state index contributed by atoms with van der Waals surface area (Å²) in [7, 11) is 0. The minimum absolute atomic E-state index is 0.211. The van der Waals surface area contributed by atoms with Gasteiger partial charge in [0.25, 0.3) is 5.91 Å². The number of esters is 1. The summed E-state index contributed by atoms with van der Waals surface area (Å²) in [5.74, 6) is 0.665. The van der Waals surface area contributed by atoms with E-state index in [4.69, 9.17) is 9.15 Å². The van der Waals surface area contributed by atoms with Crippen LogP contribution in [0.25, 0.3) is 17.4 Å². The van der Waals surface area contributed by atoms with Crippen LogP contribution in [-0.4, -0.2) is 23.7 Å². The zero-order valence-electron chi connectivity index (χ0n) is 19.4. The average molecular weight is 475 g/mol. The number of thioether (sulfide) groups is 1. The van der Waals surface area contributed by atoms with Crippen LogP contribution in [-0.2, 0) is 9.53 Å². The molecule has 6 nitrogen and oxygen atoms in total. The SMILES string of the molecule is CCCCOC(=O)c1ccc(-c2ccc(/C=C3\SC(=Nc4ccc(C)cc4C)NC3=O)o2)cc1. The van der Waals surface area contributed by atoms with Crippen molar-refractivity contribution in [2.24, 2.45) is 4.99 Å². The van der Waals surface area contributed by atoms with E-state index in [-0.39, 0.29) is 11.9 Å². The van der Waals surface area contributed by atoms with Crippen molar-refractivity contribution in [3.05, 3.63) is 82.0 Å². The van der Waals surface area contributed by atoms with Crippen molar-refractivity contribution >= 4 is 40.6 Å². The number of rotatable bonds is 7. The Balaban J connectivity index is 1.45. The molecule has 174 valence electrons. The maximum Gasteiger partial charge on any atom is 0.338 e. The van der Waals surface area contributed by atoms with Crippen LogP contribution in [0.5, 0.6) is 0 Å². The number of aliphatic imine (C=N–C) groups is 1. The minimum Gasteiger partial charge on any atom is -0.462 e. The van der Waals surface area contributed by atoms with E-state index in [2.05, 4.69) is 16.4 Å². The molecule has 0 atom stereocenters. The Bertz CT molecular complexity index is 1270. The Morgan fingerprint density at radius 2 is 1.91 bits per heavy atom. The molecule has 2 aromatic carbocycles. The summed E-state index contributed by atoms with van der Waals surface area (Å²) >= 11 is 1.28. The van der Waals surface area contributed by atoms with Crippen molar-refractivity contribution in [1.29, 1.82) is 0 Å². The number of nitrogens with one attached hydrogen (secondary N) is 1. The van der Waals surface area contributed by atoms with Gasteiger partial charge in [0.1, 0.15) is 11.5 Å². The molecule has 34 heavy (non-hydrogen) atoms. The number of hydrogen-bond acceptors (Lipinski definition) is 6. The Labute approximate surface area is 203 Å². The summed E-state index contributed by atoms with van der Waals surface area (Å²) in [4.78, 5) is 29.6. The van der Waals surface area contributed by atoms with Gasteiger partial charge in [-0.15, -0.1) is 0 Å². The molecular formula is C27H26N2O4S. The quantitative estimate of drug-likeness (QED) is 0.243. The topological polar surface area (TPSA) is 80.9 Å². The lowest BCUT2D eigenvalue weighted by atomic mass is 10.1. The number of carbonyl (C=O) groups is 2. The molecule has 1 aromatic heterocycles. The first kappa shape index (κ1) is 23.6. The average Bonchev–Trinajstić information content (AvgIpc) is 3.42. The zero-order valence-corrected chi connectivity index (χ0v) is 20.2. The molecule has 3 aromatic rings. The minimum atomic E-state index is -0.326. The first-order valence-corrected chi connectivity index (χ1v) is 12.0. The molecular weight excluding hydrogens is 448 g/mol. The second kappa shape index (κ2) is 10.6. The van der Waals surface area contributed by atoms with Crippen molar-refractivity contribution in [2.75, 3.05) is 6.61 Å². The van der Waals surface area contributed by atoms with Gasteiger partial charge in [-0.3, -0.25) is 4.79 Å². The van der Waals surface area contributed by atoms with E-state index in [9.17, 15) is 9.59 Å². The maximum absolute atomic E-state index is 12.4. The largest absolute Gasteiger partial charge is 0.462 e. The first-order chi connectivity index (χ1) is 16.4. The predicted molar refractivity (Wildman–Crippen MR) is 136 cm³/mol. The molecule has 0 aliphatic carbocycles. The molecule has 1 saturated heterocycles. The van der Waals surface area contributed by atoms with Crippen molar-refractivity contribution in [2.45, 2.75) is 33.6 Å². The summed E-state index contributed by atoms with van der Waals surface area (Å²) in [6.07, 6.45) is 3.53. The lowest BCUT2D eigenvalue weighted by molar-refractivity contribution is -0.115. The lowest BCUT2D eigenvalue weighted by Crippen LogP contribution is -2.19. The molecule has 2 heterocycles. The van der Waals surface area contributed by atoms with Gasteiger partial charge in [0.15, 0.2) is 5.17 Å². The van der Waals surface area contributed by atoms with Gasteiger partial charge >= 0.3 is 5.97 Å². The Morgan fingerprint density at radius 3 is 2.65 bits per heavy atom. The van der Waals surface area contributed by atoms with E-state index in [1.54, 1.807) is 18.2 Å². The number of amides is 1. The smallest absolute Gasteiger partial charge is 0.338 e. The van der Waals surface area contributed by atoms with Crippen LogP contribution in [0.2, 0.25) is 0 Å². The number of hydrogen-bond donors (Lipinski definition) is 1. The summed E-state index contributed by atoms with van der Waals surface area (Å²) in [5.41, 5.74) is 4.38. The molecule has 0 spiro atoms. The molecule has 7 heteroatoms. The van der Waals surface area contributed by atoms with Crippen LogP contribution in [0.1, 0.15) is 47.0 Å². The van der Waals surface area contributed by atoms with Gasteiger partial charge in [-0.05, 0) is 67.9 Å². The molecule has 1 aliphatic heterocycles. The molecule has 4 rings (SSSR count). The number of unbranched alkanes of at least 4 members (excludes halogenated alkanes) is 1. The fourth-order valence-electron chi connectivity index (χ4n) is 3.40. The summed E-state index contributed by atoms with van der Waals surface area (Å²) in [6, 6.07) is 16.7. The molecule has 0 radical (unpaired) electrons. The van der Waals surface area contributed by atoms with Crippen LogP contribution in [0.3, 0.4) is 0 Å². The molecule has 0 unspecified atom stereocenters. The van der Waals surface area contributed by atoms with Crippen LogP contribution in [0.4, 0.5) is 5.69 Å². The van der Waals surface area contributed by atoms with Crippen molar-refractivity contribution in [3.8, 4) is 11.3 Å². The maximum atomic E-state index is 12.4. The van der Waals surface area contributed by atoms with Gasteiger partial charge in [-0.1, -0.05) is 43.2 Å². The number of ether oxygens (including phenoxy) is 1. The lowest BCUT2D eigenvalue weighted by Gasteiger charge is -2.04. The number of aryl methyl sites for hydroxylation is 2. The second-order valence-electron chi connectivity index (χ2n) is 8.04. The molecule has 1 aliphatic rings. The number of carbonyl (C=O) groups excluding carboxylic acids is 2. The number of benzene rings is 2. The van der Waals surface area contributed by atoms with E-state index >= 15 is 0 Å². The number of amidine groups is 1. The van der Waals surface area contributed by atoms with Gasteiger partial charge in [0, 0.05) is 11.6 Å². The number of nitrogens with zero attached hydrogens (tertiary/aromatic N) is 1. The number of furan rings is 1. The van der Waals surface area contributed by atoms with E-state index in [1.807, 2.05) is 57.2 Å². The van der Waals surface area contributed by atoms with Gasteiger partial charge < -0.3 is 14.5 Å². The van der Waals surface area contributed by atoms with Crippen molar-refractivity contribution in [3.63, 3.8) is 0 Å². The van der Waals surface area contributed by atoms with E-state index in [0.29, 0.717) is 33.8 Å². The van der Waals surface area contributed by atoms with Crippen LogP contribution in [0, 0.1) is 13.8 Å². The van der Waals surface area contributed by atoms with Crippen LogP contribution in [0.15, 0.2) is 68.9 Å². The monoisotopic (exact) mass is 474 g/mol. The Hall–Kier alpha value is -3.58. The van der Waals surface area contributed by atoms with Crippen molar-refractivity contribution in [1.82, 2.24) is 5.32 Å². The molecule has 0 saturated carbocycles. The van der Waals surface area contributed by atoms with Gasteiger partial charge in [-0.2, -0.15) is 0 Å². The second-order valence-corrected chi connectivity index (χ2v) is 9.07. The third kappa shape index (κ3) is 5.66. The van der Waals surface area contributed by atoms with Gasteiger partial charge in [0.2, 0.25) is 0 Å². The third-order valence-corrected chi connectivity index (χ3v) is 6.17.